The molecule has 0 unspecified atom stereocenters. The average molecular weight is 315 g/mol. The molecule has 2 rings (SSSR count). The molecule has 0 aliphatic rings. The number of halogens is 3. The second-order valence-electron chi connectivity index (χ2n) is 4.09. The van der Waals surface area contributed by atoms with Gasteiger partial charge < -0.3 is 10.1 Å². The van der Waals surface area contributed by atoms with Crippen LogP contribution in [0.3, 0.4) is 0 Å². The minimum absolute atomic E-state index is 0.223. The fourth-order valence-electron chi connectivity index (χ4n) is 1.50. The van der Waals surface area contributed by atoms with Crippen molar-refractivity contribution in [3.8, 4) is 11.6 Å². The number of ether oxygens (including phenoxy) is 1. The third kappa shape index (κ3) is 3.74. The first-order valence-electron chi connectivity index (χ1n) is 6.13. The van der Waals surface area contributed by atoms with Gasteiger partial charge in [0.25, 0.3) is 0 Å². The van der Waals surface area contributed by atoms with Crippen LogP contribution in [-0.4, -0.2) is 11.5 Å². The Kier molecular flexibility index (Phi) is 5.04. The van der Waals surface area contributed by atoms with Gasteiger partial charge in [-0.25, -0.2) is 4.39 Å². The molecule has 106 valence electrons. The lowest BCUT2D eigenvalue weighted by Crippen LogP contribution is -2.03. The molecule has 3 nitrogen and oxygen atoms in total. The third-order valence-corrected chi connectivity index (χ3v) is 3.03. The minimum Gasteiger partial charge on any atom is -0.437 e. The number of hydrogen-bond donors (Lipinski definition) is 1. The van der Waals surface area contributed by atoms with Gasteiger partial charge >= 0.3 is 0 Å². The summed E-state index contributed by atoms with van der Waals surface area (Å²) in [4.78, 5) is 4.24. The summed E-state index contributed by atoms with van der Waals surface area (Å²) in [7, 11) is 0. The maximum Gasteiger partial charge on any atom is 0.240 e. The molecule has 0 saturated carbocycles. The van der Waals surface area contributed by atoms with E-state index in [-0.39, 0.29) is 11.7 Å². The van der Waals surface area contributed by atoms with Crippen molar-refractivity contribution in [2.45, 2.75) is 13.3 Å². The van der Waals surface area contributed by atoms with Crippen molar-refractivity contribution in [3.05, 3.63) is 46.2 Å². The van der Waals surface area contributed by atoms with E-state index < -0.39 is 0 Å². The number of nitrogens with one attached hydrogen (secondary N) is 1. The monoisotopic (exact) mass is 314 g/mol. The second kappa shape index (κ2) is 6.77. The van der Waals surface area contributed by atoms with Crippen LogP contribution in [0.15, 0.2) is 30.3 Å². The Balaban J connectivity index is 2.24. The van der Waals surface area contributed by atoms with Gasteiger partial charge in [-0.1, -0.05) is 30.1 Å². The van der Waals surface area contributed by atoms with E-state index >= 15 is 0 Å². The summed E-state index contributed by atoms with van der Waals surface area (Å²) in [6.07, 6.45) is 0.939. The predicted molar refractivity (Wildman–Crippen MR) is 79.5 cm³/mol. The van der Waals surface area contributed by atoms with Gasteiger partial charge in [0.1, 0.15) is 22.4 Å². The topological polar surface area (TPSA) is 34.2 Å². The van der Waals surface area contributed by atoms with Crippen molar-refractivity contribution < 1.29 is 9.13 Å². The summed E-state index contributed by atoms with van der Waals surface area (Å²) in [5.41, 5.74) is 0. The number of anilines is 1. The summed E-state index contributed by atoms with van der Waals surface area (Å²) in [6, 6.07) is 7.17. The molecule has 1 aromatic heterocycles. The number of rotatable bonds is 5. The molecule has 0 amide bonds. The second-order valence-corrected chi connectivity index (χ2v) is 4.90. The molecular weight excluding hydrogens is 302 g/mol. The predicted octanol–water partition coefficient (Wildman–Crippen LogP) is 5.14. The van der Waals surface area contributed by atoms with Gasteiger partial charge in [0.15, 0.2) is 0 Å². The van der Waals surface area contributed by atoms with E-state index in [1.807, 2.05) is 6.92 Å². The minimum atomic E-state index is -0.335. The highest BCUT2D eigenvalue weighted by Gasteiger charge is 2.11. The zero-order chi connectivity index (χ0) is 14.5. The van der Waals surface area contributed by atoms with Crippen LogP contribution >= 0.6 is 23.2 Å². The first-order valence-corrected chi connectivity index (χ1v) is 6.89. The van der Waals surface area contributed by atoms with Gasteiger partial charge in [0, 0.05) is 6.54 Å². The molecule has 1 N–H and O–H groups in total. The molecule has 0 aliphatic carbocycles. The van der Waals surface area contributed by atoms with E-state index in [0.29, 0.717) is 21.6 Å². The van der Waals surface area contributed by atoms with E-state index in [9.17, 15) is 4.39 Å². The van der Waals surface area contributed by atoms with Crippen molar-refractivity contribution in [2.24, 2.45) is 0 Å². The fourth-order valence-corrected chi connectivity index (χ4v) is 1.97. The van der Waals surface area contributed by atoms with Gasteiger partial charge in [-0.15, -0.1) is 0 Å². The largest absolute Gasteiger partial charge is 0.437 e. The van der Waals surface area contributed by atoms with E-state index in [4.69, 9.17) is 27.9 Å². The highest BCUT2D eigenvalue weighted by atomic mass is 35.5. The summed E-state index contributed by atoms with van der Waals surface area (Å²) in [6.45, 7) is 2.77. The molecule has 0 bridgehead atoms. The molecule has 0 fully saturated rings. The van der Waals surface area contributed by atoms with Crippen LogP contribution in [0.2, 0.25) is 10.0 Å². The zero-order valence-electron chi connectivity index (χ0n) is 10.8. The lowest BCUT2D eigenvalue weighted by Gasteiger charge is -2.11. The van der Waals surface area contributed by atoms with Gasteiger partial charge in [0.05, 0.1) is 5.02 Å². The summed E-state index contributed by atoms with van der Waals surface area (Å²) in [5.74, 6) is 0.846. The smallest absolute Gasteiger partial charge is 0.240 e. The standard InChI is InChI=1S/C14H13Cl2FN2O/c1-2-7-18-13-11(15)8-12(16)14(19-13)20-10-5-3-9(17)4-6-10/h3-6,8H,2,7H2,1H3,(H,18,19). The van der Waals surface area contributed by atoms with Crippen molar-refractivity contribution in [1.82, 2.24) is 4.98 Å². The van der Waals surface area contributed by atoms with Crippen LogP contribution in [-0.2, 0) is 0 Å². The zero-order valence-corrected chi connectivity index (χ0v) is 12.3. The maximum absolute atomic E-state index is 12.8. The van der Waals surface area contributed by atoms with Crippen LogP contribution in [0, 0.1) is 5.82 Å². The van der Waals surface area contributed by atoms with Gasteiger partial charge in [0.2, 0.25) is 5.88 Å². The van der Waals surface area contributed by atoms with Crippen LogP contribution in [0.5, 0.6) is 11.6 Å². The molecule has 20 heavy (non-hydrogen) atoms. The first kappa shape index (κ1) is 14.9. The summed E-state index contributed by atoms with van der Waals surface area (Å²) < 4.78 is 18.4. The molecular formula is C14H13Cl2FN2O. The third-order valence-electron chi connectivity index (χ3n) is 2.47. The van der Waals surface area contributed by atoms with Crippen molar-refractivity contribution in [2.75, 3.05) is 11.9 Å². The summed E-state index contributed by atoms with van der Waals surface area (Å²) >= 11 is 12.1. The molecule has 0 radical (unpaired) electrons. The maximum atomic E-state index is 12.8. The van der Waals surface area contributed by atoms with Crippen molar-refractivity contribution in [3.63, 3.8) is 0 Å². The van der Waals surface area contributed by atoms with Gasteiger partial charge in [-0.3, -0.25) is 0 Å². The van der Waals surface area contributed by atoms with Crippen molar-refractivity contribution in [1.29, 1.82) is 0 Å². The van der Waals surface area contributed by atoms with Crippen LogP contribution in [0.1, 0.15) is 13.3 Å². The Morgan fingerprint density at radius 3 is 2.55 bits per heavy atom. The highest BCUT2D eigenvalue weighted by Crippen LogP contribution is 2.33. The Labute approximate surface area is 126 Å². The van der Waals surface area contributed by atoms with E-state index in [1.165, 1.54) is 24.3 Å². The number of aromatic nitrogens is 1. The first-order chi connectivity index (χ1) is 9.60. The number of hydrogen-bond acceptors (Lipinski definition) is 3. The van der Waals surface area contributed by atoms with Crippen LogP contribution in [0.4, 0.5) is 10.2 Å². The van der Waals surface area contributed by atoms with Crippen LogP contribution < -0.4 is 10.1 Å². The quantitative estimate of drug-likeness (QED) is 0.829. The molecule has 1 aromatic carbocycles. The number of benzene rings is 1. The van der Waals surface area contributed by atoms with Gasteiger partial charge in [-0.05, 0) is 36.8 Å². The lowest BCUT2D eigenvalue weighted by molar-refractivity contribution is 0.462. The molecule has 0 aliphatic heterocycles. The highest BCUT2D eigenvalue weighted by molar-refractivity contribution is 6.36. The van der Waals surface area contributed by atoms with E-state index in [0.717, 1.165) is 13.0 Å². The number of nitrogens with zero attached hydrogens (tertiary/aromatic N) is 1. The Hall–Kier alpha value is -1.52. The van der Waals surface area contributed by atoms with E-state index in [2.05, 4.69) is 10.3 Å². The normalized spacial score (nSPS) is 10.4. The molecule has 2 aromatic rings. The van der Waals surface area contributed by atoms with Gasteiger partial charge in [-0.2, -0.15) is 4.98 Å². The number of pyridine rings is 1. The molecule has 0 saturated heterocycles. The molecule has 6 heteroatoms. The molecule has 0 atom stereocenters. The Morgan fingerprint density at radius 2 is 1.90 bits per heavy atom. The molecule has 0 spiro atoms. The Bertz CT molecular complexity index is 590. The SMILES string of the molecule is CCCNc1nc(Oc2ccc(F)cc2)c(Cl)cc1Cl. The average Bonchev–Trinajstić information content (AvgIpc) is 2.43. The van der Waals surface area contributed by atoms with E-state index in [1.54, 1.807) is 6.07 Å². The fraction of sp³-hybridized carbons (Fsp3) is 0.214. The van der Waals surface area contributed by atoms with Crippen molar-refractivity contribution >= 4 is 29.0 Å². The lowest BCUT2D eigenvalue weighted by atomic mass is 10.3. The Morgan fingerprint density at radius 1 is 1.20 bits per heavy atom. The molecule has 1 heterocycles. The van der Waals surface area contributed by atoms with Crippen LogP contribution in [0.25, 0.3) is 0 Å². The summed E-state index contributed by atoms with van der Waals surface area (Å²) in [5, 5.41) is 3.80.